The van der Waals surface area contributed by atoms with Crippen LogP contribution in [0.15, 0.2) is 0 Å². The third kappa shape index (κ3) is 2.63. The summed E-state index contributed by atoms with van der Waals surface area (Å²) in [6.45, 7) is 4.04. The van der Waals surface area contributed by atoms with Crippen LogP contribution < -0.4 is 0 Å². The van der Waals surface area contributed by atoms with Gasteiger partial charge >= 0.3 is 0 Å². The van der Waals surface area contributed by atoms with E-state index in [2.05, 4.69) is 6.92 Å². The van der Waals surface area contributed by atoms with E-state index < -0.39 is 0 Å². The van der Waals surface area contributed by atoms with Gasteiger partial charge in [0, 0.05) is 17.9 Å². The van der Waals surface area contributed by atoms with Gasteiger partial charge in [0.05, 0.1) is 6.61 Å². The maximum atomic E-state index is 5.96. The van der Waals surface area contributed by atoms with E-state index >= 15 is 0 Å². The van der Waals surface area contributed by atoms with Crippen LogP contribution >= 0.6 is 11.6 Å². The number of rotatable bonds is 5. The molecule has 1 nitrogen and oxygen atoms in total. The van der Waals surface area contributed by atoms with Gasteiger partial charge in [-0.1, -0.05) is 26.2 Å². The molecule has 0 aromatic heterocycles. The molecule has 0 amide bonds. The fourth-order valence-corrected chi connectivity index (χ4v) is 2.11. The van der Waals surface area contributed by atoms with Crippen LogP contribution in [0.4, 0.5) is 0 Å². The van der Waals surface area contributed by atoms with Crippen LogP contribution in [0.5, 0.6) is 0 Å². The Kier molecular flexibility index (Phi) is 4.38. The Balaban J connectivity index is 2.24. The van der Waals surface area contributed by atoms with Crippen molar-refractivity contribution < 1.29 is 4.74 Å². The third-order valence-corrected chi connectivity index (χ3v) is 3.35. The van der Waals surface area contributed by atoms with Crippen LogP contribution in [0.2, 0.25) is 0 Å². The lowest BCUT2D eigenvalue weighted by Crippen LogP contribution is -2.22. The molecular formula is C10H19ClO. The summed E-state index contributed by atoms with van der Waals surface area (Å²) in [5, 5.41) is 0. The number of hydrogen-bond acceptors (Lipinski definition) is 1. The minimum atomic E-state index is 0.330. The van der Waals surface area contributed by atoms with Crippen LogP contribution in [0, 0.1) is 5.41 Å². The minimum absolute atomic E-state index is 0.330. The van der Waals surface area contributed by atoms with Crippen LogP contribution in [0.1, 0.15) is 39.0 Å². The van der Waals surface area contributed by atoms with Gasteiger partial charge in [-0.15, -0.1) is 11.6 Å². The van der Waals surface area contributed by atoms with Crippen molar-refractivity contribution in [3.8, 4) is 0 Å². The Morgan fingerprint density at radius 3 is 2.75 bits per heavy atom. The van der Waals surface area contributed by atoms with Crippen LogP contribution in [0.25, 0.3) is 0 Å². The highest BCUT2D eigenvalue weighted by Gasteiger charge is 2.33. The zero-order chi connectivity index (χ0) is 8.86. The molecule has 0 N–H and O–H groups in total. The smallest absolute Gasteiger partial charge is 0.0534 e. The van der Waals surface area contributed by atoms with Crippen LogP contribution in [-0.2, 0) is 4.74 Å². The van der Waals surface area contributed by atoms with Gasteiger partial charge in [-0.2, -0.15) is 0 Å². The Morgan fingerprint density at radius 1 is 1.42 bits per heavy atom. The van der Waals surface area contributed by atoms with E-state index in [1.54, 1.807) is 0 Å². The lowest BCUT2D eigenvalue weighted by Gasteiger charge is -2.23. The second-order valence-corrected chi connectivity index (χ2v) is 4.16. The first-order valence-corrected chi connectivity index (χ1v) is 5.50. The molecule has 1 rings (SSSR count). The molecule has 2 heteroatoms. The third-order valence-electron chi connectivity index (χ3n) is 2.78. The zero-order valence-corrected chi connectivity index (χ0v) is 8.70. The largest absolute Gasteiger partial charge is 0.381 e. The second-order valence-electron chi connectivity index (χ2n) is 3.89. The molecular weight excluding hydrogens is 172 g/mol. The van der Waals surface area contributed by atoms with Gasteiger partial charge in [-0.3, -0.25) is 0 Å². The van der Waals surface area contributed by atoms with Gasteiger partial charge in [0.1, 0.15) is 0 Å². The van der Waals surface area contributed by atoms with Crippen molar-refractivity contribution in [2.75, 3.05) is 19.1 Å². The van der Waals surface area contributed by atoms with E-state index in [1.165, 1.54) is 32.1 Å². The monoisotopic (exact) mass is 190 g/mol. The molecule has 12 heavy (non-hydrogen) atoms. The Morgan fingerprint density at radius 2 is 2.25 bits per heavy atom. The highest BCUT2D eigenvalue weighted by molar-refractivity contribution is 6.18. The molecule has 1 aliphatic heterocycles. The van der Waals surface area contributed by atoms with Crippen molar-refractivity contribution in [1.29, 1.82) is 0 Å². The lowest BCUT2D eigenvalue weighted by molar-refractivity contribution is 0.155. The Hall–Kier alpha value is 0.250. The van der Waals surface area contributed by atoms with Crippen molar-refractivity contribution in [2.24, 2.45) is 5.41 Å². The normalized spacial score (nSPS) is 29.5. The van der Waals surface area contributed by atoms with Crippen molar-refractivity contribution in [2.45, 2.75) is 39.0 Å². The van der Waals surface area contributed by atoms with Crippen LogP contribution in [-0.4, -0.2) is 19.1 Å². The summed E-state index contributed by atoms with van der Waals surface area (Å²) in [7, 11) is 0. The highest BCUT2D eigenvalue weighted by Crippen LogP contribution is 2.35. The van der Waals surface area contributed by atoms with E-state index in [4.69, 9.17) is 16.3 Å². The van der Waals surface area contributed by atoms with Gasteiger partial charge in [-0.25, -0.2) is 0 Å². The summed E-state index contributed by atoms with van der Waals surface area (Å²) in [5.74, 6) is 0.775. The van der Waals surface area contributed by atoms with Gasteiger partial charge in [-0.05, 0) is 12.8 Å². The summed E-state index contributed by atoms with van der Waals surface area (Å²) >= 11 is 5.96. The average Bonchev–Trinajstić information content (AvgIpc) is 2.55. The summed E-state index contributed by atoms with van der Waals surface area (Å²) < 4.78 is 5.40. The molecule has 1 saturated heterocycles. The van der Waals surface area contributed by atoms with E-state index in [-0.39, 0.29) is 0 Å². The minimum Gasteiger partial charge on any atom is -0.381 e. The molecule has 0 saturated carbocycles. The van der Waals surface area contributed by atoms with E-state index in [0.29, 0.717) is 5.41 Å². The van der Waals surface area contributed by atoms with Gasteiger partial charge in [0.2, 0.25) is 0 Å². The predicted molar refractivity (Wildman–Crippen MR) is 52.7 cm³/mol. The number of unbranched alkanes of at least 4 members (excludes halogenated alkanes) is 2. The molecule has 0 spiro atoms. The number of ether oxygens (including phenoxy) is 1. The first kappa shape index (κ1) is 10.3. The molecule has 0 aromatic carbocycles. The predicted octanol–water partition coefficient (Wildman–Crippen LogP) is 3.21. The first-order valence-electron chi connectivity index (χ1n) is 4.97. The van der Waals surface area contributed by atoms with Crippen molar-refractivity contribution in [3.63, 3.8) is 0 Å². The standard InChI is InChI=1S/C10H19ClO/c1-2-3-4-5-10(8-11)6-7-12-9-10/h2-9H2,1H3. The van der Waals surface area contributed by atoms with Crippen molar-refractivity contribution in [1.82, 2.24) is 0 Å². The summed E-state index contributed by atoms with van der Waals surface area (Å²) in [4.78, 5) is 0. The van der Waals surface area contributed by atoms with Gasteiger partial charge < -0.3 is 4.74 Å². The number of halogens is 1. The zero-order valence-electron chi connectivity index (χ0n) is 7.94. The molecule has 0 aliphatic carbocycles. The SMILES string of the molecule is CCCCCC1(CCl)CCOC1. The maximum Gasteiger partial charge on any atom is 0.0534 e. The molecule has 72 valence electrons. The molecule has 0 aromatic rings. The van der Waals surface area contributed by atoms with Gasteiger partial charge in [0.15, 0.2) is 0 Å². The summed E-state index contributed by atoms with van der Waals surface area (Å²) in [6, 6.07) is 0. The van der Waals surface area contributed by atoms with E-state index in [1.807, 2.05) is 0 Å². The summed E-state index contributed by atoms with van der Waals surface area (Å²) in [5.41, 5.74) is 0.330. The molecule has 1 aliphatic rings. The summed E-state index contributed by atoms with van der Waals surface area (Å²) in [6.07, 6.45) is 6.36. The van der Waals surface area contributed by atoms with Gasteiger partial charge in [0.25, 0.3) is 0 Å². The average molecular weight is 191 g/mol. The fourth-order valence-electron chi connectivity index (χ4n) is 1.77. The van der Waals surface area contributed by atoms with E-state index in [9.17, 15) is 0 Å². The van der Waals surface area contributed by atoms with Crippen molar-refractivity contribution >= 4 is 11.6 Å². The van der Waals surface area contributed by atoms with Crippen molar-refractivity contribution in [3.05, 3.63) is 0 Å². The Labute approximate surface area is 80.4 Å². The Bertz CT molecular complexity index is 119. The van der Waals surface area contributed by atoms with E-state index in [0.717, 1.165) is 19.1 Å². The molecule has 1 fully saturated rings. The first-order chi connectivity index (χ1) is 5.83. The molecule has 1 atom stereocenters. The number of hydrogen-bond donors (Lipinski definition) is 0. The second kappa shape index (κ2) is 5.08. The number of alkyl halides is 1. The lowest BCUT2D eigenvalue weighted by atomic mass is 9.84. The molecule has 1 heterocycles. The fraction of sp³-hybridized carbons (Fsp3) is 1.00. The molecule has 1 unspecified atom stereocenters. The molecule has 0 bridgehead atoms. The highest BCUT2D eigenvalue weighted by atomic mass is 35.5. The quantitative estimate of drug-likeness (QED) is 0.478. The topological polar surface area (TPSA) is 9.23 Å². The van der Waals surface area contributed by atoms with Crippen LogP contribution in [0.3, 0.4) is 0 Å². The maximum absolute atomic E-state index is 5.96. The molecule has 0 radical (unpaired) electrons.